The summed E-state index contributed by atoms with van der Waals surface area (Å²) in [5.74, 6) is -1.41. The number of hydrogen-bond donors (Lipinski definition) is 2. The summed E-state index contributed by atoms with van der Waals surface area (Å²) in [5, 5.41) is 11.6. The lowest BCUT2D eigenvalue weighted by atomic mass is 10.2. The highest BCUT2D eigenvalue weighted by Gasteiger charge is 2.14. The summed E-state index contributed by atoms with van der Waals surface area (Å²) in [7, 11) is 0. The number of carbonyl (C=O) groups excluding carboxylic acids is 1. The zero-order valence-electron chi connectivity index (χ0n) is 10.2. The van der Waals surface area contributed by atoms with Crippen LogP contribution in [0.5, 0.6) is 0 Å². The molecule has 0 spiro atoms. The number of carboxylic acids is 1. The number of hydrogen-bond acceptors (Lipinski definition) is 3. The van der Waals surface area contributed by atoms with Gasteiger partial charge in [-0.1, -0.05) is 0 Å². The Morgan fingerprint density at radius 2 is 1.86 bits per heavy atom. The molecular formula is C13H7I3N2O3. The number of carboxylic acid groups (broad SMARTS) is 1. The third kappa shape index (κ3) is 4.25. The van der Waals surface area contributed by atoms with Gasteiger partial charge < -0.3 is 10.4 Å². The van der Waals surface area contributed by atoms with E-state index in [0.29, 0.717) is 11.3 Å². The van der Waals surface area contributed by atoms with Gasteiger partial charge in [-0.15, -0.1) is 0 Å². The molecule has 2 aromatic rings. The Hall–Kier alpha value is -0.500. The van der Waals surface area contributed by atoms with Gasteiger partial charge >= 0.3 is 5.97 Å². The lowest BCUT2D eigenvalue weighted by Gasteiger charge is -2.09. The van der Waals surface area contributed by atoms with E-state index in [9.17, 15) is 9.59 Å². The smallest absolute Gasteiger partial charge is 0.354 e. The molecule has 1 amide bonds. The van der Waals surface area contributed by atoms with Crippen molar-refractivity contribution in [3.8, 4) is 0 Å². The highest BCUT2D eigenvalue weighted by atomic mass is 127. The van der Waals surface area contributed by atoms with Crippen LogP contribution in [0.15, 0.2) is 30.5 Å². The number of nitrogens with one attached hydrogen (secondary N) is 1. The summed E-state index contributed by atoms with van der Waals surface area (Å²) < 4.78 is 2.81. The van der Waals surface area contributed by atoms with Gasteiger partial charge in [0.05, 0.1) is 5.56 Å². The van der Waals surface area contributed by atoms with Gasteiger partial charge in [-0.05, 0) is 92.0 Å². The molecule has 0 aliphatic rings. The van der Waals surface area contributed by atoms with Gasteiger partial charge in [-0.25, -0.2) is 9.78 Å². The van der Waals surface area contributed by atoms with Crippen molar-refractivity contribution in [1.29, 1.82) is 0 Å². The zero-order valence-corrected chi connectivity index (χ0v) is 16.7. The Balaban J connectivity index is 2.30. The third-order valence-electron chi connectivity index (χ3n) is 2.47. The van der Waals surface area contributed by atoms with Gasteiger partial charge in [-0.3, -0.25) is 4.79 Å². The fourth-order valence-corrected chi connectivity index (χ4v) is 3.95. The Labute approximate surface area is 161 Å². The summed E-state index contributed by atoms with van der Waals surface area (Å²) in [5.41, 5.74) is 0.845. The highest BCUT2D eigenvalue weighted by Crippen LogP contribution is 2.23. The molecule has 0 saturated heterocycles. The average molecular weight is 620 g/mol. The minimum absolute atomic E-state index is 0.111. The molecule has 0 unspecified atom stereocenters. The number of carbonyl (C=O) groups is 2. The maximum absolute atomic E-state index is 12.3. The summed E-state index contributed by atoms with van der Waals surface area (Å²) in [6.45, 7) is 0. The Morgan fingerprint density at radius 1 is 1.14 bits per heavy atom. The van der Waals surface area contributed by atoms with Gasteiger partial charge in [0.2, 0.25) is 0 Å². The second-order valence-electron chi connectivity index (χ2n) is 3.94. The molecule has 2 rings (SSSR count). The van der Waals surface area contributed by atoms with Crippen molar-refractivity contribution in [1.82, 2.24) is 4.98 Å². The maximum Gasteiger partial charge on any atom is 0.354 e. The number of pyridine rings is 1. The Kier molecular flexibility index (Phi) is 5.76. The van der Waals surface area contributed by atoms with Crippen LogP contribution in [-0.2, 0) is 0 Å². The van der Waals surface area contributed by atoms with Gasteiger partial charge in [0.1, 0.15) is 5.69 Å². The topological polar surface area (TPSA) is 79.3 Å². The Bertz CT molecular complexity index is 735. The van der Waals surface area contributed by atoms with Gasteiger partial charge in [0.25, 0.3) is 5.91 Å². The second kappa shape index (κ2) is 7.17. The largest absolute Gasteiger partial charge is 0.477 e. The second-order valence-corrected chi connectivity index (χ2v) is 7.42. The molecule has 5 nitrogen and oxygen atoms in total. The SMILES string of the molecule is O=C(O)c1cc(NC(=O)c2cc(I)cc(I)c2I)ccn1. The van der Waals surface area contributed by atoms with E-state index in [4.69, 9.17) is 5.11 Å². The molecule has 0 atom stereocenters. The molecule has 2 N–H and O–H groups in total. The van der Waals surface area contributed by atoms with Crippen LogP contribution in [0.2, 0.25) is 0 Å². The first-order valence-corrected chi connectivity index (χ1v) is 8.77. The minimum Gasteiger partial charge on any atom is -0.477 e. The van der Waals surface area contributed by atoms with E-state index in [1.165, 1.54) is 12.3 Å². The first-order valence-electron chi connectivity index (χ1n) is 5.53. The van der Waals surface area contributed by atoms with Crippen molar-refractivity contribution in [2.24, 2.45) is 0 Å². The van der Waals surface area contributed by atoms with Crippen LogP contribution in [0.4, 0.5) is 5.69 Å². The zero-order chi connectivity index (χ0) is 15.6. The van der Waals surface area contributed by atoms with Crippen molar-refractivity contribution in [2.45, 2.75) is 0 Å². The maximum atomic E-state index is 12.3. The molecule has 0 fully saturated rings. The predicted molar refractivity (Wildman–Crippen MR) is 104 cm³/mol. The summed E-state index contributed by atoms with van der Waals surface area (Å²) in [4.78, 5) is 26.9. The number of rotatable bonds is 3. The van der Waals surface area contributed by atoms with Crippen molar-refractivity contribution in [3.63, 3.8) is 0 Å². The minimum atomic E-state index is -1.13. The molecule has 1 aromatic carbocycles. The molecule has 0 aliphatic carbocycles. The standard InChI is InChI=1S/C13H7I3N2O3/c14-6-3-8(11(16)9(15)4-6)12(19)18-7-1-2-17-10(5-7)13(20)21/h1-5H,(H,20,21)(H,17,18,19). The molecule has 108 valence electrons. The van der Waals surface area contributed by atoms with Crippen molar-refractivity contribution < 1.29 is 14.7 Å². The fraction of sp³-hybridized carbons (Fsp3) is 0. The van der Waals surface area contributed by atoms with Crippen LogP contribution in [0.1, 0.15) is 20.8 Å². The number of benzene rings is 1. The van der Waals surface area contributed by atoms with Crippen molar-refractivity contribution in [2.75, 3.05) is 5.32 Å². The van der Waals surface area contributed by atoms with E-state index in [2.05, 4.69) is 78.1 Å². The van der Waals surface area contributed by atoms with Gasteiger partial charge in [0.15, 0.2) is 0 Å². The molecular weight excluding hydrogens is 613 g/mol. The molecule has 0 saturated carbocycles. The number of halogens is 3. The molecule has 0 aliphatic heterocycles. The number of aromatic nitrogens is 1. The number of anilines is 1. The highest BCUT2D eigenvalue weighted by molar-refractivity contribution is 14.1. The molecule has 0 bridgehead atoms. The van der Waals surface area contributed by atoms with Crippen LogP contribution in [0.3, 0.4) is 0 Å². The van der Waals surface area contributed by atoms with Crippen LogP contribution in [-0.4, -0.2) is 22.0 Å². The van der Waals surface area contributed by atoms with E-state index < -0.39 is 5.97 Å². The van der Waals surface area contributed by atoms with E-state index in [-0.39, 0.29) is 11.6 Å². The number of nitrogens with zero attached hydrogens (tertiary/aromatic N) is 1. The lowest BCUT2D eigenvalue weighted by Crippen LogP contribution is -2.15. The molecule has 1 heterocycles. The van der Waals surface area contributed by atoms with Crippen molar-refractivity contribution in [3.05, 3.63) is 52.4 Å². The summed E-state index contributed by atoms with van der Waals surface area (Å²) in [6.07, 6.45) is 1.35. The van der Waals surface area contributed by atoms with E-state index in [1.807, 2.05) is 6.07 Å². The molecule has 21 heavy (non-hydrogen) atoms. The van der Waals surface area contributed by atoms with Gasteiger partial charge in [-0.2, -0.15) is 0 Å². The lowest BCUT2D eigenvalue weighted by molar-refractivity contribution is 0.0690. The number of aromatic carboxylic acids is 1. The van der Waals surface area contributed by atoms with Crippen LogP contribution in [0.25, 0.3) is 0 Å². The Morgan fingerprint density at radius 3 is 2.52 bits per heavy atom. The normalized spacial score (nSPS) is 10.2. The van der Waals surface area contributed by atoms with Crippen LogP contribution in [0, 0.1) is 10.7 Å². The molecule has 0 radical (unpaired) electrons. The van der Waals surface area contributed by atoms with Gasteiger partial charge in [0, 0.05) is 22.6 Å². The molecule has 1 aromatic heterocycles. The molecule has 8 heteroatoms. The average Bonchev–Trinajstić information content (AvgIpc) is 2.43. The number of amides is 1. The fourth-order valence-electron chi connectivity index (χ4n) is 1.54. The third-order valence-corrected chi connectivity index (χ3v) is 6.14. The van der Waals surface area contributed by atoms with Crippen LogP contribution >= 0.6 is 67.8 Å². The van der Waals surface area contributed by atoms with Crippen molar-refractivity contribution >= 4 is 85.3 Å². The van der Waals surface area contributed by atoms with E-state index in [0.717, 1.165) is 10.7 Å². The quantitative estimate of drug-likeness (QED) is 0.404. The monoisotopic (exact) mass is 620 g/mol. The predicted octanol–water partition coefficient (Wildman–Crippen LogP) is 3.85. The van der Waals surface area contributed by atoms with Crippen LogP contribution < -0.4 is 5.32 Å². The summed E-state index contributed by atoms with van der Waals surface area (Å²) in [6, 6.07) is 6.65. The van der Waals surface area contributed by atoms with E-state index >= 15 is 0 Å². The van der Waals surface area contributed by atoms with E-state index in [1.54, 1.807) is 12.1 Å². The first-order chi connectivity index (χ1) is 9.88. The summed E-state index contributed by atoms with van der Waals surface area (Å²) >= 11 is 6.44. The first kappa shape index (κ1) is 16.9.